The number of hydrogen-bond acceptors (Lipinski definition) is 4. The highest BCUT2D eigenvalue weighted by atomic mass is 16.5. The lowest BCUT2D eigenvalue weighted by molar-refractivity contribution is -0.130. The Labute approximate surface area is 178 Å². The molecule has 1 saturated heterocycles. The summed E-state index contributed by atoms with van der Waals surface area (Å²) < 4.78 is 5.69. The van der Waals surface area contributed by atoms with E-state index in [0.717, 1.165) is 44.0 Å². The number of nitrogens with zero attached hydrogens (tertiary/aromatic N) is 2. The fourth-order valence-corrected chi connectivity index (χ4v) is 3.54. The molecule has 1 N–H and O–H groups in total. The summed E-state index contributed by atoms with van der Waals surface area (Å²) in [7, 11) is 0. The van der Waals surface area contributed by atoms with Gasteiger partial charge in [-0.2, -0.15) is 0 Å². The number of ether oxygens (including phenoxy) is 1. The predicted octanol–water partition coefficient (Wildman–Crippen LogP) is 3.49. The lowest BCUT2D eigenvalue weighted by atomic mass is 10.0. The Kier molecular flexibility index (Phi) is 7.46. The summed E-state index contributed by atoms with van der Waals surface area (Å²) in [6.07, 6.45) is 0. The van der Waals surface area contributed by atoms with Gasteiger partial charge in [0, 0.05) is 45.3 Å². The molecule has 2 aromatic rings. The number of rotatable bonds is 7. The standard InChI is InChI=1S/C24H31N3O3/c1-18(2)20-8-6-9-22(15-20)30-17-24(29)25-23-10-5-4-7-21(23)16-26-11-13-27(14-12-26)19(3)28/h4-10,15,18H,11-14,16-17H2,1-3H3,(H,25,29). The number of nitrogens with one attached hydrogen (secondary N) is 1. The quantitative estimate of drug-likeness (QED) is 0.760. The number of carbonyl (C=O) groups is 2. The molecule has 1 heterocycles. The van der Waals surface area contributed by atoms with E-state index in [0.29, 0.717) is 11.7 Å². The van der Waals surface area contributed by atoms with Crippen molar-refractivity contribution in [3.8, 4) is 5.75 Å². The normalized spacial score (nSPS) is 14.6. The zero-order chi connectivity index (χ0) is 21.5. The highest BCUT2D eigenvalue weighted by molar-refractivity contribution is 5.92. The van der Waals surface area contributed by atoms with E-state index in [-0.39, 0.29) is 18.4 Å². The molecule has 1 aliphatic heterocycles. The molecule has 6 heteroatoms. The summed E-state index contributed by atoms with van der Waals surface area (Å²) >= 11 is 0. The maximum atomic E-state index is 12.5. The third-order valence-electron chi connectivity index (χ3n) is 5.40. The van der Waals surface area contributed by atoms with Crippen molar-refractivity contribution >= 4 is 17.5 Å². The van der Waals surface area contributed by atoms with E-state index in [9.17, 15) is 9.59 Å². The van der Waals surface area contributed by atoms with E-state index in [4.69, 9.17) is 4.74 Å². The first-order chi connectivity index (χ1) is 14.4. The summed E-state index contributed by atoms with van der Waals surface area (Å²) in [6.45, 7) is 9.72. The van der Waals surface area contributed by atoms with Crippen LogP contribution in [0.3, 0.4) is 0 Å². The van der Waals surface area contributed by atoms with Crippen LogP contribution in [0.1, 0.15) is 37.8 Å². The number of anilines is 1. The first-order valence-corrected chi connectivity index (χ1v) is 10.5. The van der Waals surface area contributed by atoms with E-state index in [1.165, 1.54) is 5.56 Å². The van der Waals surface area contributed by atoms with Gasteiger partial charge in [-0.05, 0) is 35.2 Å². The van der Waals surface area contributed by atoms with Gasteiger partial charge in [0.2, 0.25) is 5.91 Å². The summed E-state index contributed by atoms with van der Waals surface area (Å²) in [5, 5.41) is 2.98. The third kappa shape index (κ3) is 6.07. The van der Waals surface area contributed by atoms with Gasteiger partial charge in [-0.15, -0.1) is 0 Å². The second-order valence-electron chi connectivity index (χ2n) is 8.00. The Balaban J connectivity index is 1.55. The SMILES string of the molecule is CC(=O)N1CCN(Cc2ccccc2NC(=O)COc2cccc(C(C)C)c2)CC1. The number of benzene rings is 2. The zero-order valence-electron chi connectivity index (χ0n) is 18.1. The van der Waals surface area contributed by atoms with Crippen molar-refractivity contribution in [2.24, 2.45) is 0 Å². The maximum absolute atomic E-state index is 12.5. The summed E-state index contributed by atoms with van der Waals surface area (Å²) in [5.41, 5.74) is 3.04. The number of para-hydroxylation sites is 1. The van der Waals surface area contributed by atoms with Crippen LogP contribution in [0, 0.1) is 0 Å². The van der Waals surface area contributed by atoms with E-state index < -0.39 is 0 Å². The molecule has 0 radical (unpaired) electrons. The highest BCUT2D eigenvalue weighted by Crippen LogP contribution is 2.21. The molecule has 0 bridgehead atoms. The fraction of sp³-hybridized carbons (Fsp3) is 0.417. The van der Waals surface area contributed by atoms with Crippen LogP contribution < -0.4 is 10.1 Å². The molecule has 160 valence electrons. The molecule has 30 heavy (non-hydrogen) atoms. The van der Waals surface area contributed by atoms with Gasteiger partial charge in [0.05, 0.1) is 0 Å². The van der Waals surface area contributed by atoms with Crippen LogP contribution >= 0.6 is 0 Å². The van der Waals surface area contributed by atoms with Gasteiger partial charge in [-0.1, -0.05) is 44.2 Å². The zero-order valence-corrected chi connectivity index (χ0v) is 18.1. The van der Waals surface area contributed by atoms with Gasteiger partial charge in [0.1, 0.15) is 5.75 Å². The molecule has 0 unspecified atom stereocenters. The Bertz CT molecular complexity index is 874. The average Bonchev–Trinajstić information content (AvgIpc) is 2.74. The molecular formula is C24H31N3O3. The average molecular weight is 410 g/mol. The smallest absolute Gasteiger partial charge is 0.262 e. The first kappa shape index (κ1) is 21.8. The number of piperazine rings is 1. The summed E-state index contributed by atoms with van der Waals surface area (Å²) in [6, 6.07) is 15.7. The van der Waals surface area contributed by atoms with Crippen LogP contribution in [0.5, 0.6) is 5.75 Å². The monoisotopic (exact) mass is 409 g/mol. The molecule has 0 saturated carbocycles. The maximum Gasteiger partial charge on any atom is 0.262 e. The molecule has 1 fully saturated rings. The summed E-state index contributed by atoms with van der Waals surface area (Å²) in [4.78, 5) is 28.2. The van der Waals surface area contributed by atoms with Crippen LogP contribution in [-0.2, 0) is 16.1 Å². The van der Waals surface area contributed by atoms with Gasteiger partial charge in [0.15, 0.2) is 6.61 Å². The van der Waals surface area contributed by atoms with Gasteiger partial charge < -0.3 is 15.0 Å². The van der Waals surface area contributed by atoms with Gasteiger partial charge in [-0.3, -0.25) is 14.5 Å². The Morgan fingerprint density at radius 3 is 2.47 bits per heavy atom. The molecular weight excluding hydrogens is 378 g/mol. The minimum Gasteiger partial charge on any atom is -0.484 e. The lowest BCUT2D eigenvalue weighted by Crippen LogP contribution is -2.47. The van der Waals surface area contributed by atoms with Crippen molar-refractivity contribution in [3.05, 3.63) is 59.7 Å². The van der Waals surface area contributed by atoms with Crippen LogP contribution in [0.25, 0.3) is 0 Å². The van der Waals surface area contributed by atoms with Crippen molar-refractivity contribution in [3.63, 3.8) is 0 Å². The topological polar surface area (TPSA) is 61.9 Å². The molecule has 1 aliphatic rings. The molecule has 0 aliphatic carbocycles. The second kappa shape index (κ2) is 10.3. The van der Waals surface area contributed by atoms with Crippen LogP contribution in [-0.4, -0.2) is 54.4 Å². The van der Waals surface area contributed by atoms with E-state index in [1.807, 2.05) is 47.4 Å². The number of hydrogen-bond donors (Lipinski definition) is 1. The molecule has 0 spiro atoms. The highest BCUT2D eigenvalue weighted by Gasteiger charge is 2.19. The molecule has 2 amide bonds. The van der Waals surface area contributed by atoms with Crippen molar-refractivity contribution in [2.75, 3.05) is 38.1 Å². The number of carbonyl (C=O) groups excluding carboxylic acids is 2. The second-order valence-corrected chi connectivity index (χ2v) is 8.00. The first-order valence-electron chi connectivity index (χ1n) is 10.5. The van der Waals surface area contributed by atoms with Crippen molar-refractivity contribution in [1.82, 2.24) is 9.80 Å². The van der Waals surface area contributed by atoms with Crippen LogP contribution in [0.15, 0.2) is 48.5 Å². The van der Waals surface area contributed by atoms with Gasteiger partial charge >= 0.3 is 0 Å². The Hall–Kier alpha value is -2.86. The minimum atomic E-state index is -0.182. The fourth-order valence-electron chi connectivity index (χ4n) is 3.54. The van der Waals surface area contributed by atoms with Crippen molar-refractivity contribution in [1.29, 1.82) is 0 Å². The van der Waals surface area contributed by atoms with Crippen LogP contribution in [0.2, 0.25) is 0 Å². The molecule has 6 nitrogen and oxygen atoms in total. The molecule has 0 atom stereocenters. The van der Waals surface area contributed by atoms with Gasteiger partial charge in [0.25, 0.3) is 5.91 Å². The van der Waals surface area contributed by atoms with E-state index >= 15 is 0 Å². The van der Waals surface area contributed by atoms with Crippen LogP contribution in [0.4, 0.5) is 5.69 Å². The molecule has 0 aromatic heterocycles. The van der Waals surface area contributed by atoms with E-state index in [2.05, 4.69) is 30.1 Å². The molecule has 2 aromatic carbocycles. The Morgan fingerprint density at radius 2 is 1.77 bits per heavy atom. The number of amides is 2. The third-order valence-corrected chi connectivity index (χ3v) is 5.40. The van der Waals surface area contributed by atoms with Crippen molar-refractivity contribution in [2.45, 2.75) is 33.2 Å². The predicted molar refractivity (Wildman–Crippen MR) is 119 cm³/mol. The largest absolute Gasteiger partial charge is 0.484 e. The van der Waals surface area contributed by atoms with Gasteiger partial charge in [-0.25, -0.2) is 0 Å². The summed E-state index contributed by atoms with van der Waals surface area (Å²) in [5.74, 6) is 1.06. The minimum absolute atomic E-state index is 0.0346. The van der Waals surface area contributed by atoms with E-state index in [1.54, 1.807) is 6.92 Å². The Morgan fingerprint density at radius 1 is 1.03 bits per heavy atom. The van der Waals surface area contributed by atoms with Crippen molar-refractivity contribution < 1.29 is 14.3 Å². The lowest BCUT2D eigenvalue weighted by Gasteiger charge is -2.34. The molecule has 3 rings (SSSR count).